The van der Waals surface area contributed by atoms with E-state index in [1.807, 2.05) is 13.0 Å². The van der Waals surface area contributed by atoms with Crippen LogP contribution in [0.2, 0.25) is 0 Å². The standard InChI is InChI=1S/C19H27NO5/c1-12(11-21)6-8-18-13(2)10-17(15(4)25-18)20-19(23)9-7-14(3)24-16(5)22/h6-7,9,11,14-15,17-18H,2,8,10H2,1,3-5H3,(H,20,23)/b9-7-,12-6+/t14?,15-,17?,18+/m1/s1. The van der Waals surface area contributed by atoms with Gasteiger partial charge in [-0.15, -0.1) is 0 Å². The minimum Gasteiger partial charge on any atom is -0.459 e. The maximum absolute atomic E-state index is 12.0. The minimum absolute atomic E-state index is 0.155. The smallest absolute Gasteiger partial charge is 0.303 e. The van der Waals surface area contributed by atoms with Crippen LogP contribution < -0.4 is 5.32 Å². The van der Waals surface area contributed by atoms with E-state index < -0.39 is 12.1 Å². The summed E-state index contributed by atoms with van der Waals surface area (Å²) in [5.41, 5.74) is 1.54. The van der Waals surface area contributed by atoms with Gasteiger partial charge in [-0.2, -0.15) is 0 Å². The number of carbonyl (C=O) groups is 3. The molecule has 1 fully saturated rings. The summed E-state index contributed by atoms with van der Waals surface area (Å²) in [4.78, 5) is 33.5. The molecule has 6 nitrogen and oxygen atoms in total. The van der Waals surface area contributed by atoms with E-state index in [2.05, 4.69) is 11.9 Å². The van der Waals surface area contributed by atoms with E-state index in [1.54, 1.807) is 13.8 Å². The third-order valence-corrected chi connectivity index (χ3v) is 3.92. The van der Waals surface area contributed by atoms with Crippen molar-refractivity contribution >= 4 is 18.2 Å². The van der Waals surface area contributed by atoms with Gasteiger partial charge >= 0.3 is 5.97 Å². The van der Waals surface area contributed by atoms with Gasteiger partial charge in [-0.3, -0.25) is 14.4 Å². The number of hydrogen-bond donors (Lipinski definition) is 1. The van der Waals surface area contributed by atoms with Crippen LogP contribution in [-0.2, 0) is 23.9 Å². The van der Waals surface area contributed by atoms with E-state index in [-0.39, 0.29) is 24.2 Å². The monoisotopic (exact) mass is 349 g/mol. The van der Waals surface area contributed by atoms with Crippen LogP contribution in [-0.4, -0.2) is 42.5 Å². The molecule has 138 valence electrons. The van der Waals surface area contributed by atoms with Crippen LogP contribution >= 0.6 is 0 Å². The third-order valence-electron chi connectivity index (χ3n) is 3.92. The molecule has 1 aliphatic rings. The van der Waals surface area contributed by atoms with Crippen molar-refractivity contribution in [2.24, 2.45) is 0 Å². The van der Waals surface area contributed by atoms with Crippen LogP contribution in [0.15, 0.2) is 36.0 Å². The number of hydrogen-bond acceptors (Lipinski definition) is 5. The number of carbonyl (C=O) groups excluding carboxylic acids is 3. The number of rotatable bonds is 7. The summed E-state index contributed by atoms with van der Waals surface area (Å²) in [7, 11) is 0. The maximum atomic E-state index is 12.0. The molecule has 1 N–H and O–H groups in total. The van der Waals surface area contributed by atoms with E-state index in [1.165, 1.54) is 19.1 Å². The number of esters is 1. The SMILES string of the molecule is C=C1CC(NC(=O)/C=C\C(C)OC(C)=O)[C@@H](C)O[C@H]1C/C=C(\C)C=O. The second kappa shape index (κ2) is 9.93. The summed E-state index contributed by atoms with van der Waals surface area (Å²) >= 11 is 0. The lowest BCUT2D eigenvalue weighted by Gasteiger charge is -2.36. The van der Waals surface area contributed by atoms with Crippen molar-refractivity contribution in [2.45, 2.75) is 64.9 Å². The summed E-state index contributed by atoms with van der Waals surface area (Å²) in [6.45, 7) is 10.7. The van der Waals surface area contributed by atoms with Gasteiger partial charge in [0, 0.05) is 13.0 Å². The zero-order valence-electron chi connectivity index (χ0n) is 15.3. The highest BCUT2D eigenvalue weighted by atomic mass is 16.5. The molecule has 1 aliphatic heterocycles. The summed E-state index contributed by atoms with van der Waals surface area (Å²) in [5, 5.41) is 2.88. The lowest BCUT2D eigenvalue weighted by molar-refractivity contribution is -0.143. The van der Waals surface area contributed by atoms with Crippen LogP contribution in [0.25, 0.3) is 0 Å². The predicted octanol–water partition coefficient (Wildman–Crippen LogP) is 2.25. The molecule has 0 aromatic heterocycles. The minimum atomic E-state index is -0.463. The molecule has 1 amide bonds. The fraction of sp³-hybridized carbons (Fsp3) is 0.526. The van der Waals surface area contributed by atoms with Gasteiger partial charge in [0.05, 0.1) is 18.2 Å². The van der Waals surface area contributed by atoms with E-state index >= 15 is 0 Å². The molecule has 6 heteroatoms. The molecule has 2 unspecified atom stereocenters. The molecule has 0 aliphatic carbocycles. The molecule has 4 atom stereocenters. The zero-order chi connectivity index (χ0) is 19.0. The number of amides is 1. The second-order valence-electron chi connectivity index (χ2n) is 6.28. The van der Waals surface area contributed by atoms with Gasteiger partial charge in [-0.25, -0.2) is 0 Å². The largest absolute Gasteiger partial charge is 0.459 e. The molecular formula is C19H27NO5. The van der Waals surface area contributed by atoms with Crippen LogP contribution in [0.1, 0.15) is 40.5 Å². The van der Waals surface area contributed by atoms with E-state index in [0.717, 1.165) is 11.9 Å². The maximum Gasteiger partial charge on any atom is 0.303 e. The van der Waals surface area contributed by atoms with Gasteiger partial charge < -0.3 is 14.8 Å². The Balaban J connectivity index is 2.55. The Bertz CT molecular complexity index is 578. The van der Waals surface area contributed by atoms with E-state index in [0.29, 0.717) is 18.4 Å². The van der Waals surface area contributed by atoms with Gasteiger partial charge in [0.1, 0.15) is 12.4 Å². The summed E-state index contributed by atoms with van der Waals surface area (Å²) in [5.74, 6) is -0.671. The molecule has 0 saturated carbocycles. The molecule has 1 saturated heterocycles. The molecule has 0 bridgehead atoms. The molecule has 0 spiro atoms. The number of allylic oxidation sites excluding steroid dienone is 1. The Morgan fingerprint density at radius 1 is 1.44 bits per heavy atom. The Hall–Kier alpha value is -2.21. The topological polar surface area (TPSA) is 81.7 Å². The molecule has 0 aromatic carbocycles. The van der Waals surface area contributed by atoms with Gasteiger partial charge in [-0.05, 0) is 50.8 Å². The van der Waals surface area contributed by atoms with Crippen molar-refractivity contribution < 1.29 is 23.9 Å². The number of aldehydes is 1. The average Bonchev–Trinajstić information content (AvgIpc) is 2.53. The Morgan fingerprint density at radius 2 is 2.12 bits per heavy atom. The van der Waals surface area contributed by atoms with Crippen LogP contribution in [0.3, 0.4) is 0 Å². The van der Waals surface area contributed by atoms with Crippen molar-refractivity contribution in [1.29, 1.82) is 0 Å². The predicted molar refractivity (Wildman–Crippen MR) is 94.8 cm³/mol. The normalized spacial score (nSPS) is 25.5. The van der Waals surface area contributed by atoms with Gasteiger partial charge in [-0.1, -0.05) is 12.7 Å². The Labute approximate surface area is 148 Å². The summed E-state index contributed by atoms with van der Waals surface area (Å²) < 4.78 is 10.8. The highest BCUT2D eigenvalue weighted by Gasteiger charge is 2.30. The van der Waals surface area contributed by atoms with Crippen molar-refractivity contribution in [1.82, 2.24) is 5.32 Å². The number of ether oxygens (including phenoxy) is 2. The average molecular weight is 349 g/mol. The lowest BCUT2D eigenvalue weighted by Crippen LogP contribution is -2.48. The first-order valence-electron chi connectivity index (χ1n) is 8.34. The Morgan fingerprint density at radius 3 is 2.72 bits per heavy atom. The molecule has 1 rings (SSSR count). The molecule has 0 radical (unpaired) electrons. The quantitative estimate of drug-likeness (QED) is 0.330. The molecule has 1 heterocycles. The highest BCUT2D eigenvalue weighted by molar-refractivity contribution is 5.87. The zero-order valence-corrected chi connectivity index (χ0v) is 15.3. The third kappa shape index (κ3) is 7.47. The fourth-order valence-corrected chi connectivity index (χ4v) is 2.52. The second-order valence-corrected chi connectivity index (χ2v) is 6.28. The van der Waals surface area contributed by atoms with Gasteiger partial charge in [0.25, 0.3) is 0 Å². The molecular weight excluding hydrogens is 322 g/mol. The summed E-state index contributed by atoms with van der Waals surface area (Å²) in [6.07, 6.45) is 5.92. The molecule has 0 aromatic rings. The van der Waals surface area contributed by atoms with E-state index in [4.69, 9.17) is 9.47 Å². The number of nitrogens with one attached hydrogen (secondary N) is 1. The lowest BCUT2D eigenvalue weighted by atomic mass is 9.93. The fourth-order valence-electron chi connectivity index (χ4n) is 2.52. The van der Waals surface area contributed by atoms with Gasteiger partial charge in [0.15, 0.2) is 0 Å². The Kier molecular flexibility index (Phi) is 8.28. The highest BCUT2D eigenvalue weighted by Crippen LogP contribution is 2.26. The first-order valence-corrected chi connectivity index (χ1v) is 8.34. The van der Waals surface area contributed by atoms with Crippen LogP contribution in [0, 0.1) is 0 Å². The van der Waals surface area contributed by atoms with Crippen LogP contribution in [0.4, 0.5) is 0 Å². The van der Waals surface area contributed by atoms with Crippen molar-refractivity contribution in [3.63, 3.8) is 0 Å². The first kappa shape index (κ1) is 20.8. The van der Waals surface area contributed by atoms with E-state index in [9.17, 15) is 14.4 Å². The molecule has 25 heavy (non-hydrogen) atoms. The van der Waals surface area contributed by atoms with Crippen molar-refractivity contribution in [3.8, 4) is 0 Å². The van der Waals surface area contributed by atoms with Gasteiger partial charge in [0.2, 0.25) is 5.91 Å². The van der Waals surface area contributed by atoms with Crippen molar-refractivity contribution in [3.05, 3.63) is 36.0 Å². The van der Waals surface area contributed by atoms with Crippen molar-refractivity contribution in [2.75, 3.05) is 0 Å². The summed E-state index contributed by atoms with van der Waals surface area (Å²) in [6, 6.07) is -0.180. The van der Waals surface area contributed by atoms with Crippen LogP contribution in [0.5, 0.6) is 0 Å². The first-order chi connectivity index (χ1) is 11.7.